The van der Waals surface area contributed by atoms with Gasteiger partial charge in [0.15, 0.2) is 0 Å². The van der Waals surface area contributed by atoms with Gasteiger partial charge < -0.3 is 14.3 Å². The van der Waals surface area contributed by atoms with Gasteiger partial charge in [-0.2, -0.15) is 0 Å². The fraction of sp³-hybridized carbons (Fsp3) is 0.311. The number of fused-ring (bicyclic) bond motifs is 9. The lowest BCUT2D eigenvalue weighted by Crippen LogP contribution is -2.62. The molecule has 326 valence electrons. The Morgan fingerprint density at radius 3 is 1.62 bits per heavy atom. The average Bonchev–Trinajstić information content (AvgIpc) is 3.58. The molecule has 0 saturated carbocycles. The van der Waals surface area contributed by atoms with Crippen molar-refractivity contribution in [3.8, 4) is 16.8 Å². The molecule has 0 bridgehead atoms. The molecular formula is C61H64BN3. The third-order valence-electron chi connectivity index (χ3n) is 15.2. The molecule has 1 aromatic heterocycles. The van der Waals surface area contributed by atoms with Gasteiger partial charge in [0.25, 0.3) is 0 Å². The van der Waals surface area contributed by atoms with E-state index in [0.717, 1.165) is 17.1 Å². The van der Waals surface area contributed by atoms with Crippen LogP contribution >= 0.6 is 0 Å². The van der Waals surface area contributed by atoms with E-state index < -0.39 is 0 Å². The molecule has 65 heavy (non-hydrogen) atoms. The Morgan fingerprint density at radius 2 is 1.02 bits per heavy atom. The SMILES string of the molecule is CC(C)(C)c1ccc(N(c2ccc(C(C)(C)C)cc2)c2cc3c4c(c2)-n2c5ccc(C(C)(C)C)cc5c5cc(C(C)(C)C)cc(c52)B4N2c4ccccc4C(C)(C)c4cccc-3c42)cc1. The number of para-hydroxylation sites is 2. The highest BCUT2D eigenvalue weighted by atomic mass is 15.2. The Hall–Kier alpha value is -6.00. The summed E-state index contributed by atoms with van der Waals surface area (Å²) in [5.41, 5.74) is 23.2. The van der Waals surface area contributed by atoms with E-state index in [9.17, 15) is 0 Å². The molecule has 0 aliphatic carbocycles. The number of hydrogen-bond donors (Lipinski definition) is 0. The molecule has 0 saturated heterocycles. The minimum Gasteiger partial charge on any atom is -0.376 e. The van der Waals surface area contributed by atoms with E-state index >= 15 is 0 Å². The first kappa shape index (κ1) is 41.7. The minimum absolute atomic E-state index is 0.00486. The van der Waals surface area contributed by atoms with Gasteiger partial charge in [-0.05, 0) is 132 Å². The number of benzene rings is 7. The van der Waals surface area contributed by atoms with Gasteiger partial charge >= 0.3 is 6.85 Å². The van der Waals surface area contributed by atoms with Crippen molar-refractivity contribution in [2.75, 3.05) is 9.71 Å². The molecule has 7 aromatic carbocycles. The molecule has 11 rings (SSSR count). The first-order valence-electron chi connectivity index (χ1n) is 23.9. The van der Waals surface area contributed by atoms with Crippen molar-refractivity contribution in [1.29, 1.82) is 0 Å². The molecule has 0 spiro atoms. The van der Waals surface area contributed by atoms with Crippen LogP contribution in [0.5, 0.6) is 0 Å². The van der Waals surface area contributed by atoms with Gasteiger partial charge in [-0.15, -0.1) is 0 Å². The summed E-state index contributed by atoms with van der Waals surface area (Å²) in [7, 11) is 0. The summed E-state index contributed by atoms with van der Waals surface area (Å²) in [6.07, 6.45) is 0. The standard InChI is InChI=1S/C61H64BN3/c1-57(2,3)37-22-27-41(28-23-37)63(42-29-24-38(25-30-42)58(4,5)6)43-35-46-44-18-17-20-49-55(44)65(52-21-16-15-19-48(52)61(49,13)14)62-50-34-40(60(10,11)12)33-47-45-32-39(59(7,8)9)26-31-51(45)64(56(47)50)53(36-43)54(46)62/h15-36H,1-14H3. The number of hydrogen-bond acceptors (Lipinski definition) is 2. The molecule has 0 atom stereocenters. The molecule has 4 heterocycles. The molecule has 3 nitrogen and oxygen atoms in total. The normalized spacial score (nSPS) is 15.0. The smallest absolute Gasteiger partial charge is 0.333 e. The van der Waals surface area contributed by atoms with Crippen LogP contribution in [0.1, 0.15) is 130 Å². The van der Waals surface area contributed by atoms with E-state index in [-0.39, 0.29) is 33.9 Å². The zero-order valence-corrected chi connectivity index (χ0v) is 41.1. The third kappa shape index (κ3) is 6.15. The van der Waals surface area contributed by atoms with Crippen LogP contribution in [-0.2, 0) is 27.1 Å². The Morgan fingerprint density at radius 1 is 0.462 bits per heavy atom. The Bertz CT molecular complexity index is 3200. The van der Waals surface area contributed by atoms with E-state index in [4.69, 9.17) is 0 Å². The third-order valence-corrected chi connectivity index (χ3v) is 15.2. The van der Waals surface area contributed by atoms with Gasteiger partial charge in [-0.25, -0.2) is 0 Å². The van der Waals surface area contributed by atoms with Crippen molar-refractivity contribution >= 4 is 68.0 Å². The van der Waals surface area contributed by atoms with Gasteiger partial charge in [0.05, 0.1) is 11.0 Å². The van der Waals surface area contributed by atoms with Gasteiger partial charge in [0.1, 0.15) is 0 Å². The molecule has 0 amide bonds. The van der Waals surface area contributed by atoms with Crippen LogP contribution in [0.25, 0.3) is 38.6 Å². The Kier molecular flexibility index (Phi) is 8.68. The highest BCUT2D eigenvalue weighted by Gasteiger charge is 2.50. The lowest BCUT2D eigenvalue weighted by molar-refractivity contribution is 0.590. The monoisotopic (exact) mass is 850 g/mol. The molecule has 0 N–H and O–H groups in total. The maximum Gasteiger partial charge on any atom is 0.333 e. The van der Waals surface area contributed by atoms with Crippen LogP contribution in [0.3, 0.4) is 0 Å². The quantitative estimate of drug-likeness (QED) is 0.164. The predicted molar refractivity (Wildman–Crippen MR) is 281 cm³/mol. The summed E-state index contributed by atoms with van der Waals surface area (Å²) < 4.78 is 2.65. The Labute approximate surface area is 388 Å². The van der Waals surface area contributed by atoms with E-state index in [1.807, 2.05) is 0 Å². The van der Waals surface area contributed by atoms with Crippen molar-refractivity contribution < 1.29 is 0 Å². The van der Waals surface area contributed by atoms with Crippen LogP contribution in [-0.4, -0.2) is 11.4 Å². The topological polar surface area (TPSA) is 11.4 Å². The molecule has 3 aliphatic heterocycles. The van der Waals surface area contributed by atoms with Crippen LogP contribution < -0.4 is 20.6 Å². The lowest BCUT2D eigenvalue weighted by Gasteiger charge is -2.50. The largest absolute Gasteiger partial charge is 0.376 e. The lowest BCUT2D eigenvalue weighted by atomic mass is 9.42. The highest BCUT2D eigenvalue weighted by Crippen LogP contribution is 2.56. The summed E-state index contributed by atoms with van der Waals surface area (Å²) in [4.78, 5) is 5.25. The first-order chi connectivity index (χ1) is 30.5. The highest BCUT2D eigenvalue weighted by molar-refractivity contribution is 6.93. The van der Waals surface area contributed by atoms with Crippen LogP contribution in [0, 0.1) is 0 Å². The summed E-state index contributed by atoms with van der Waals surface area (Å²) in [5, 5.41) is 2.66. The first-order valence-corrected chi connectivity index (χ1v) is 23.9. The number of aromatic nitrogens is 1. The fourth-order valence-corrected chi connectivity index (χ4v) is 11.3. The summed E-state index contributed by atoms with van der Waals surface area (Å²) in [5.74, 6) is 0. The van der Waals surface area contributed by atoms with Gasteiger partial charge in [-0.3, -0.25) is 0 Å². The molecule has 0 fully saturated rings. The van der Waals surface area contributed by atoms with Crippen molar-refractivity contribution in [2.24, 2.45) is 0 Å². The zero-order chi connectivity index (χ0) is 45.9. The molecule has 0 unspecified atom stereocenters. The molecule has 4 heteroatoms. The van der Waals surface area contributed by atoms with Crippen molar-refractivity contribution in [3.63, 3.8) is 0 Å². The predicted octanol–water partition coefficient (Wildman–Crippen LogP) is 15.3. The Balaban J connectivity index is 1.30. The van der Waals surface area contributed by atoms with E-state index in [1.54, 1.807) is 0 Å². The average molecular weight is 850 g/mol. The second-order valence-corrected chi connectivity index (χ2v) is 24.0. The number of nitrogens with zero attached hydrogens (tertiary/aromatic N) is 3. The van der Waals surface area contributed by atoms with E-state index in [2.05, 4.69) is 245 Å². The maximum atomic E-state index is 2.74. The van der Waals surface area contributed by atoms with Crippen LogP contribution in [0.15, 0.2) is 133 Å². The molecule has 8 aromatic rings. The molecular weight excluding hydrogens is 786 g/mol. The van der Waals surface area contributed by atoms with Crippen molar-refractivity contribution in [3.05, 3.63) is 167 Å². The molecule has 3 aliphatic rings. The van der Waals surface area contributed by atoms with Crippen molar-refractivity contribution in [2.45, 2.75) is 124 Å². The van der Waals surface area contributed by atoms with Gasteiger partial charge in [-0.1, -0.05) is 170 Å². The molecule has 0 radical (unpaired) electrons. The maximum absolute atomic E-state index is 2.74. The van der Waals surface area contributed by atoms with Gasteiger partial charge in [0.2, 0.25) is 0 Å². The summed E-state index contributed by atoms with van der Waals surface area (Å²) >= 11 is 0. The number of anilines is 5. The fourth-order valence-electron chi connectivity index (χ4n) is 11.3. The summed E-state index contributed by atoms with van der Waals surface area (Å²) in [6, 6.07) is 52.4. The van der Waals surface area contributed by atoms with Gasteiger partial charge in [0, 0.05) is 55.9 Å². The van der Waals surface area contributed by atoms with Crippen LogP contribution in [0.4, 0.5) is 28.4 Å². The van der Waals surface area contributed by atoms with E-state index in [1.165, 1.54) is 94.3 Å². The second-order valence-electron chi connectivity index (χ2n) is 24.0. The van der Waals surface area contributed by atoms with E-state index in [0.29, 0.717) is 0 Å². The van der Waals surface area contributed by atoms with Crippen molar-refractivity contribution in [1.82, 2.24) is 4.57 Å². The summed E-state index contributed by atoms with van der Waals surface area (Å²) in [6.45, 7) is 32.7. The minimum atomic E-state index is -0.193. The number of rotatable bonds is 3. The zero-order valence-electron chi connectivity index (χ0n) is 41.1. The second kappa shape index (κ2) is 13.5. The van der Waals surface area contributed by atoms with Crippen LogP contribution in [0.2, 0.25) is 0 Å².